The largest absolute Gasteiger partial charge is 0.377 e. The van der Waals surface area contributed by atoms with Crippen molar-refractivity contribution in [2.45, 2.75) is 18.9 Å². The fourth-order valence-corrected chi connectivity index (χ4v) is 3.55. The highest BCUT2D eigenvalue weighted by molar-refractivity contribution is 5.97. The van der Waals surface area contributed by atoms with E-state index < -0.39 is 0 Å². The Morgan fingerprint density at radius 1 is 1.33 bits per heavy atom. The predicted molar refractivity (Wildman–Crippen MR) is 91.8 cm³/mol. The highest BCUT2D eigenvalue weighted by atomic mass is 16.5. The van der Waals surface area contributed by atoms with E-state index in [1.807, 2.05) is 23.1 Å². The number of hydrogen-bond acceptors (Lipinski definition) is 5. The molecule has 4 rings (SSSR count). The Labute approximate surface area is 140 Å². The summed E-state index contributed by atoms with van der Waals surface area (Å²) in [5.41, 5.74) is 7.92. The van der Waals surface area contributed by atoms with Gasteiger partial charge in [-0.25, -0.2) is 4.98 Å². The second kappa shape index (κ2) is 6.41. The van der Waals surface area contributed by atoms with Crippen LogP contribution >= 0.6 is 0 Å². The van der Waals surface area contributed by atoms with E-state index in [0.717, 1.165) is 56.8 Å². The normalized spacial score (nSPS) is 22.3. The molecule has 1 atom stereocenters. The van der Waals surface area contributed by atoms with Crippen molar-refractivity contribution >= 4 is 22.9 Å². The molecular formula is C17H23N5O2. The number of piperazine rings is 1. The van der Waals surface area contributed by atoms with Crippen molar-refractivity contribution < 1.29 is 9.53 Å². The van der Waals surface area contributed by atoms with E-state index in [-0.39, 0.29) is 5.91 Å². The number of aromatic amines is 1. The molecule has 7 heteroatoms. The van der Waals surface area contributed by atoms with Crippen molar-refractivity contribution in [1.29, 1.82) is 0 Å². The summed E-state index contributed by atoms with van der Waals surface area (Å²) < 4.78 is 5.70. The van der Waals surface area contributed by atoms with Crippen molar-refractivity contribution in [3.05, 3.63) is 23.8 Å². The van der Waals surface area contributed by atoms with E-state index >= 15 is 0 Å². The van der Waals surface area contributed by atoms with Crippen molar-refractivity contribution in [1.82, 2.24) is 19.8 Å². The van der Waals surface area contributed by atoms with Gasteiger partial charge in [0, 0.05) is 44.9 Å². The molecule has 0 bridgehead atoms. The zero-order chi connectivity index (χ0) is 16.5. The average Bonchev–Trinajstić information content (AvgIpc) is 3.22. The molecule has 24 heavy (non-hydrogen) atoms. The molecule has 1 amide bonds. The lowest BCUT2D eigenvalue weighted by molar-refractivity contribution is 0.0433. The number of imidazole rings is 1. The van der Waals surface area contributed by atoms with Gasteiger partial charge < -0.3 is 20.4 Å². The molecule has 1 aromatic carbocycles. The number of ether oxygens (including phenoxy) is 1. The summed E-state index contributed by atoms with van der Waals surface area (Å²) in [6.45, 7) is 5.20. The zero-order valence-electron chi connectivity index (χ0n) is 13.7. The molecular weight excluding hydrogens is 306 g/mol. The number of nitrogens with zero attached hydrogens (tertiary/aromatic N) is 3. The number of anilines is 1. The number of carbonyl (C=O) groups is 1. The topological polar surface area (TPSA) is 87.5 Å². The van der Waals surface area contributed by atoms with Gasteiger partial charge in [-0.1, -0.05) is 0 Å². The smallest absolute Gasteiger partial charge is 0.254 e. The van der Waals surface area contributed by atoms with Crippen molar-refractivity contribution in [2.75, 3.05) is 45.1 Å². The molecule has 0 spiro atoms. The summed E-state index contributed by atoms with van der Waals surface area (Å²) in [7, 11) is 0. The van der Waals surface area contributed by atoms with Crippen LogP contribution in [0.15, 0.2) is 18.2 Å². The molecule has 128 valence electrons. The van der Waals surface area contributed by atoms with Crippen LogP contribution in [0.4, 0.5) is 5.95 Å². The Balaban J connectivity index is 1.37. The Morgan fingerprint density at radius 2 is 2.17 bits per heavy atom. The first kappa shape index (κ1) is 15.4. The number of fused-ring (bicyclic) bond motifs is 1. The predicted octanol–water partition coefficient (Wildman–Crippen LogP) is 1.08. The minimum atomic E-state index is 0.0650. The number of rotatable bonds is 3. The molecule has 0 saturated carbocycles. The van der Waals surface area contributed by atoms with Crippen LogP contribution in [0.3, 0.4) is 0 Å². The summed E-state index contributed by atoms with van der Waals surface area (Å²) in [5.74, 6) is 0.438. The monoisotopic (exact) mass is 329 g/mol. The van der Waals surface area contributed by atoms with Gasteiger partial charge in [-0.2, -0.15) is 0 Å². The first-order chi connectivity index (χ1) is 11.7. The van der Waals surface area contributed by atoms with Crippen LogP contribution in [0.25, 0.3) is 11.0 Å². The lowest BCUT2D eigenvalue weighted by Crippen LogP contribution is -2.50. The standard InChI is InChI=1S/C17H23N5O2/c18-17-19-14-4-3-12(10-15(14)20-17)16(23)22-7-5-21(6-8-22)11-13-2-1-9-24-13/h3-4,10,13H,1-2,5-9,11H2,(H3,18,19,20). The lowest BCUT2D eigenvalue weighted by atomic mass is 10.1. The van der Waals surface area contributed by atoms with Gasteiger partial charge in [-0.15, -0.1) is 0 Å². The molecule has 7 nitrogen and oxygen atoms in total. The SMILES string of the molecule is Nc1nc2cc(C(=O)N3CCN(CC4CCCO4)CC3)ccc2[nH]1. The number of H-pyrrole nitrogens is 1. The molecule has 2 aromatic rings. The molecule has 2 aliphatic heterocycles. The molecule has 1 aromatic heterocycles. The van der Waals surface area contributed by atoms with Crippen LogP contribution in [-0.2, 0) is 4.74 Å². The minimum Gasteiger partial charge on any atom is -0.377 e. The van der Waals surface area contributed by atoms with E-state index in [1.54, 1.807) is 0 Å². The third-order valence-electron chi connectivity index (χ3n) is 4.89. The van der Waals surface area contributed by atoms with Gasteiger partial charge in [0.25, 0.3) is 5.91 Å². The quantitative estimate of drug-likeness (QED) is 0.880. The summed E-state index contributed by atoms with van der Waals surface area (Å²) in [6, 6.07) is 5.50. The molecule has 3 heterocycles. The van der Waals surface area contributed by atoms with Gasteiger partial charge in [0.1, 0.15) is 0 Å². The van der Waals surface area contributed by atoms with Gasteiger partial charge in [0.2, 0.25) is 0 Å². The van der Waals surface area contributed by atoms with Crippen molar-refractivity contribution in [3.63, 3.8) is 0 Å². The second-order valence-corrected chi connectivity index (χ2v) is 6.58. The van der Waals surface area contributed by atoms with Gasteiger partial charge in [-0.05, 0) is 31.0 Å². The average molecular weight is 329 g/mol. The third kappa shape index (κ3) is 3.09. The van der Waals surface area contributed by atoms with Gasteiger partial charge in [0.15, 0.2) is 5.95 Å². The van der Waals surface area contributed by atoms with Crippen LogP contribution in [0.2, 0.25) is 0 Å². The number of hydrogen-bond donors (Lipinski definition) is 2. The van der Waals surface area contributed by atoms with Gasteiger partial charge in [-0.3, -0.25) is 9.69 Å². The Kier molecular flexibility index (Phi) is 4.12. The number of nitrogen functional groups attached to an aromatic ring is 1. The highest BCUT2D eigenvalue weighted by Gasteiger charge is 2.25. The number of benzene rings is 1. The summed E-state index contributed by atoms with van der Waals surface area (Å²) >= 11 is 0. The number of nitrogens with two attached hydrogens (primary N) is 1. The zero-order valence-corrected chi connectivity index (χ0v) is 13.7. The van der Waals surface area contributed by atoms with Crippen LogP contribution in [0.1, 0.15) is 23.2 Å². The summed E-state index contributed by atoms with van der Waals surface area (Å²) in [6.07, 6.45) is 2.70. The van der Waals surface area contributed by atoms with Gasteiger partial charge >= 0.3 is 0 Å². The maximum atomic E-state index is 12.7. The first-order valence-corrected chi connectivity index (χ1v) is 8.57. The minimum absolute atomic E-state index is 0.0650. The molecule has 2 saturated heterocycles. The van der Waals surface area contributed by atoms with E-state index in [9.17, 15) is 4.79 Å². The Hall–Kier alpha value is -2.12. The number of nitrogens with one attached hydrogen (secondary N) is 1. The summed E-state index contributed by atoms with van der Waals surface area (Å²) in [5, 5.41) is 0. The van der Waals surface area contributed by atoms with Crippen LogP contribution in [0, 0.1) is 0 Å². The fraction of sp³-hybridized carbons (Fsp3) is 0.529. The third-order valence-corrected chi connectivity index (χ3v) is 4.89. The maximum Gasteiger partial charge on any atom is 0.254 e. The number of carbonyl (C=O) groups excluding carboxylic acids is 1. The van der Waals surface area contributed by atoms with Crippen molar-refractivity contribution in [3.8, 4) is 0 Å². The fourth-order valence-electron chi connectivity index (χ4n) is 3.55. The van der Waals surface area contributed by atoms with Crippen LogP contribution in [-0.4, -0.2) is 71.1 Å². The van der Waals surface area contributed by atoms with Crippen LogP contribution in [0.5, 0.6) is 0 Å². The van der Waals surface area contributed by atoms with Crippen LogP contribution < -0.4 is 5.73 Å². The summed E-state index contributed by atoms with van der Waals surface area (Å²) in [4.78, 5) is 24.2. The van der Waals surface area contributed by atoms with Gasteiger partial charge in [0.05, 0.1) is 17.1 Å². The van der Waals surface area contributed by atoms with E-state index in [2.05, 4.69) is 14.9 Å². The molecule has 3 N–H and O–H groups in total. The molecule has 1 unspecified atom stereocenters. The Bertz CT molecular complexity index is 730. The number of aromatic nitrogens is 2. The van der Waals surface area contributed by atoms with E-state index in [0.29, 0.717) is 17.6 Å². The molecule has 2 aliphatic rings. The first-order valence-electron chi connectivity index (χ1n) is 8.57. The van der Waals surface area contributed by atoms with E-state index in [4.69, 9.17) is 10.5 Å². The Morgan fingerprint density at radius 3 is 2.92 bits per heavy atom. The second-order valence-electron chi connectivity index (χ2n) is 6.58. The molecule has 0 aliphatic carbocycles. The molecule has 2 fully saturated rings. The highest BCUT2D eigenvalue weighted by Crippen LogP contribution is 2.18. The number of amides is 1. The lowest BCUT2D eigenvalue weighted by Gasteiger charge is -2.35. The maximum absolute atomic E-state index is 12.7. The molecule has 0 radical (unpaired) electrons. The van der Waals surface area contributed by atoms with E-state index in [1.165, 1.54) is 6.42 Å². The van der Waals surface area contributed by atoms with Crippen molar-refractivity contribution in [2.24, 2.45) is 0 Å².